The Labute approximate surface area is 232 Å². The topological polar surface area (TPSA) is 150 Å². The predicted octanol–water partition coefficient (Wildman–Crippen LogP) is 4.93. The Morgan fingerprint density at radius 2 is 1.80 bits per heavy atom. The Morgan fingerprint density at radius 3 is 2.45 bits per heavy atom. The Kier molecular flexibility index (Phi) is 8.42. The Morgan fingerprint density at radius 1 is 1.02 bits per heavy atom. The molecule has 4 aromatic rings. The standard InChI is InChI=1S/C30H27N5O4S/c1-3-5-13-26-34-29(36)28(30(37)35(26)25(4-2)21-11-8-9-20(16-21)17-31)40(38,39)27-15-14-23(19-33-27)24-12-7-6-10-22(24)18-32/h6-12,14-16,19,25,37H,3-5,13H2,1-2H3/t25-/m0/s1. The van der Waals surface area contributed by atoms with E-state index in [-0.39, 0.29) is 5.82 Å². The number of aromatic hydroxyl groups is 1. The molecule has 0 spiro atoms. The van der Waals surface area contributed by atoms with Crippen LogP contribution in [0.4, 0.5) is 0 Å². The zero-order chi connectivity index (χ0) is 28.9. The summed E-state index contributed by atoms with van der Waals surface area (Å²) in [6.07, 6.45) is 3.54. The summed E-state index contributed by atoms with van der Waals surface area (Å²) in [6.45, 7) is 3.83. The van der Waals surface area contributed by atoms with E-state index < -0.39 is 37.2 Å². The van der Waals surface area contributed by atoms with Crippen LogP contribution < -0.4 is 5.56 Å². The highest BCUT2D eigenvalue weighted by molar-refractivity contribution is 7.91. The van der Waals surface area contributed by atoms with E-state index in [1.54, 1.807) is 48.5 Å². The summed E-state index contributed by atoms with van der Waals surface area (Å²) in [5, 5.41) is 29.8. The summed E-state index contributed by atoms with van der Waals surface area (Å²) in [6, 6.07) is 20.0. The molecule has 0 aliphatic carbocycles. The van der Waals surface area contributed by atoms with E-state index in [4.69, 9.17) is 0 Å². The van der Waals surface area contributed by atoms with Crippen LogP contribution in [0.25, 0.3) is 11.1 Å². The minimum absolute atomic E-state index is 0.258. The van der Waals surface area contributed by atoms with Gasteiger partial charge in [0, 0.05) is 23.7 Å². The van der Waals surface area contributed by atoms with Gasteiger partial charge in [0.05, 0.1) is 29.3 Å². The van der Waals surface area contributed by atoms with Crippen molar-refractivity contribution in [3.05, 3.63) is 99.7 Å². The number of nitriles is 2. The molecule has 2 aromatic carbocycles. The molecular formula is C30H27N5O4S. The van der Waals surface area contributed by atoms with Gasteiger partial charge >= 0.3 is 0 Å². The first-order valence-corrected chi connectivity index (χ1v) is 14.3. The molecule has 1 atom stereocenters. The van der Waals surface area contributed by atoms with Crippen molar-refractivity contribution in [3.8, 4) is 29.1 Å². The van der Waals surface area contributed by atoms with Crippen molar-refractivity contribution in [1.29, 1.82) is 10.5 Å². The van der Waals surface area contributed by atoms with Crippen molar-refractivity contribution in [2.75, 3.05) is 0 Å². The molecule has 40 heavy (non-hydrogen) atoms. The fourth-order valence-electron chi connectivity index (χ4n) is 4.64. The maximum absolute atomic E-state index is 13.7. The highest BCUT2D eigenvalue weighted by atomic mass is 32.2. The molecule has 0 amide bonds. The second-order valence-corrected chi connectivity index (χ2v) is 11.0. The summed E-state index contributed by atoms with van der Waals surface area (Å²) in [5.74, 6) is -0.463. The van der Waals surface area contributed by atoms with Crippen LogP contribution in [0.3, 0.4) is 0 Å². The van der Waals surface area contributed by atoms with E-state index in [9.17, 15) is 28.8 Å². The third-order valence-corrected chi connectivity index (χ3v) is 8.31. The smallest absolute Gasteiger partial charge is 0.296 e. The molecule has 0 unspecified atom stereocenters. The molecule has 0 saturated heterocycles. The zero-order valence-corrected chi connectivity index (χ0v) is 22.9. The molecule has 4 rings (SSSR count). The lowest BCUT2D eigenvalue weighted by atomic mass is 10.0. The van der Waals surface area contributed by atoms with Gasteiger partial charge in [0.15, 0.2) is 5.03 Å². The molecule has 202 valence electrons. The first-order chi connectivity index (χ1) is 19.3. The zero-order valence-electron chi connectivity index (χ0n) is 22.1. The second kappa shape index (κ2) is 11.9. The molecule has 0 saturated carbocycles. The van der Waals surface area contributed by atoms with Gasteiger partial charge in [-0.05, 0) is 48.7 Å². The molecule has 0 aliphatic heterocycles. The van der Waals surface area contributed by atoms with Gasteiger partial charge in [-0.25, -0.2) is 13.4 Å². The molecule has 2 heterocycles. The van der Waals surface area contributed by atoms with Crippen LogP contribution >= 0.6 is 0 Å². The van der Waals surface area contributed by atoms with Crippen molar-refractivity contribution in [2.24, 2.45) is 0 Å². The number of aromatic nitrogens is 3. The quantitative estimate of drug-likeness (QED) is 0.307. The van der Waals surface area contributed by atoms with Gasteiger partial charge in [0.2, 0.25) is 20.6 Å². The van der Waals surface area contributed by atoms with Crippen molar-refractivity contribution >= 4 is 9.84 Å². The summed E-state index contributed by atoms with van der Waals surface area (Å²) in [5.41, 5.74) is 1.52. The van der Waals surface area contributed by atoms with Gasteiger partial charge in [0.25, 0.3) is 5.56 Å². The van der Waals surface area contributed by atoms with Crippen LogP contribution in [0.2, 0.25) is 0 Å². The molecule has 2 aromatic heterocycles. The number of pyridine rings is 1. The summed E-state index contributed by atoms with van der Waals surface area (Å²) in [7, 11) is -4.59. The number of hydrogen-bond donors (Lipinski definition) is 1. The predicted molar refractivity (Wildman–Crippen MR) is 148 cm³/mol. The van der Waals surface area contributed by atoms with E-state index >= 15 is 0 Å². The normalized spacial score (nSPS) is 11.9. The highest BCUT2D eigenvalue weighted by Gasteiger charge is 2.32. The Balaban J connectivity index is 1.88. The van der Waals surface area contributed by atoms with E-state index in [2.05, 4.69) is 22.1 Å². The van der Waals surface area contributed by atoms with Crippen LogP contribution in [-0.2, 0) is 16.3 Å². The molecule has 0 fully saturated rings. The molecule has 1 N–H and O–H groups in total. The van der Waals surface area contributed by atoms with Gasteiger partial charge in [-0.15, -0.1) is 0 Å². The summed E-state index contributed by atoms with van der Waals surface area (Å²) in [4.78, 5) is 20.5. The Hall–Kier alpha value is -4.80. The number of nitrogens with zero attached hydrogens (tertiary/aromatic N) is 5. The molecule has 0 aliphatic rings. The number of unbranched alkanes of at least 4 members (excludes halogenated alkanes) is 1. The first-order valence-electron chi connectivity index (χ1n) is 12.8. The number of rotatable bonds is 9. The third-order valence-electron chi connectivity index (χ3n) is 6.63. The van der Waals surface area contributed by atoms with Crippen LogP contribution in [0.5, 0.6) is 5.88 Å². The summed E-state index contributed by atoms with van der Waals surface area (Å²) >= 11 is 0. The maximum atomic E-state index is 13.7. The summed E-state index contributed by atoms with van der Waals surface area (Å²) < 4.78 is 28.8. The lowest BCUT2D eigenvalue weighted by Crippen LogP contribution is -2.27. The first kappa shape index (κ1) is 28.2. The number of aryl methyl sites for hydroxylation is 1. The van der Waals surface area contributed by atoms with E-state index in [0.717, 1.165) is 6.42 Å². The van der Waals surface area contributed by atoms with E-state index in [0.29, 0.717) is 47.1 Å². The van der Waals surface area contributed by atoms with Crippen molar-refractivity contribution < 1.29 is 13.5 Å². The third kappa shape index (κ3) is 5.35. The number of benzene rings is 2. The lowest BCUT2D eigenvalue weighted by Gasteiger charge is -2.25. The van der Waals surface area contributed by atoms with Gasteiger partial charge in [0.1, 0.15) is 5.82 Å². The largest absolute Gasteiger partial charge is 0.493 e. The van der Waals surface area contributed by atoms with Gasteiger partial charge in [-0.2, -0.15) is 15.5 Å². The monoisotopic (exact) mass is 553 g/mol. The van der Waals surface area contributed by atoms with Gasteiger partial charge in [-0.3, -0.25) is 9.36 Å². The second-order valence-electron chi connectivity index (χ2n) is 9.17. The Bertz CT molecular complexity index is 1800. The minimum atomic E-state index is -4.59. The van der Waals surface area contributed by atoms with Gasteiger partial charge < -0.3 is 5.11 Å². The molecule has 9 nitrogen and oxygen atoms in total. The SMILES string of the molecule is CCCCc1nc(=O)c(S(=O)(=O)c2ccc(-c3ccccc3C#N)cn2)c(O)n1[C@@H](CC)c1cccc(C#N)c1. The van der Waals surface area contributed by atoms with Crippen LogP contribution in [0, 0.1) is 22.7 Å². The van der Waals surface area contributed by atoms with Crippen molar-refractivity contribution in [3.63, 3.8) is 0 Å². The fraction of sp³-hybridized carbons (Fsp3) is 0.233. The van der Waals surface area contributed by atoms with Gasteiger partial charge in [-0.1, -0.05) is 50.6 Å². The van der Waals surface area contributed by atoms with E-state index in [1.807, 2.05) is 13.8 Å². The van der Waals surface area contributed by atoms with E-state index in [1.165, 1.54) is 22.9 Å². The molecule has 0 bridgehead atoms. The fourth-order valence-corrected chi connectivity index (χ4v) is 5.90. The number of hydrogen-bond acceptors (Lipinski definition) is 8. The van der Waals surface area contributed by atoms with Crippen LogP contribution in [-0.4, -0.2) is 28.1 Å². The molecule has 10 heteroatoms. The molecular weight excluding hydrogens is 526 g/mol. The van der Waals surface area contributed by atoms with Crippen molar-refractivity contribution in [2.45, 2.75) is 55.5 Å². The molecule has 0 radical (unpaired) electrons. The lowest BCUT2D eigenvalue weighted by molar-refractivity contribution is 0.358. The maximum Gasteiger partial charge on any atom is 0.296 e. The minimum Gasteiger partial charge on any atom is -0.493 e. The van der Waals surface area contributed by atoms with Crippen LogP contribution in [0.1, 0.15) is 61.7 Å². The van der Waals surface area contributed by atoms with Crippen molar-refractivity contribution in [1.82, 2.24) is 14.5 Å². The van der Waals surface area contributed by atoms with Crippen LogP contribution in [0.15, 0.2) is 81.6 Å². The number of sulfone groups is 1. The average Bonchev–Trinajstić information content (AvgIpc) is 2.97. The highest BCUT2D eigenvalue weighted by Crippen LogP contribution is 2.33. The average molecular weight is 554 g/mol.